The van der Waals surface area contributed by atoms with Crippen LogP contribution < -0.4 is 0 Å². The van der Waals surface area contributed by atoms with E-state index in [0.717, 1.165) is 6.07 Å². The van der Waals surface area contributed by atoms with Gasteiger partial charge in [0.05, 0.1) is 5.56 Å². The molecule has 1 aromatic carbocycles. The molecular formula is C22H33F3O2. The van der Waals surface area contributed by atoms with Crippen LogP contribution in [0.25, 0.3) is 0 Å². The molecule has 0 aliphatic rings. The lowest BCUT2D eigenvalue weighted by Crippen LogP contribution is -2.24. The van der Waals surface area contributed by atoms with Crippen molar-refractivity contribution in [2.45, 2.75) is 84.4 Å². The maximum absolute atomic E-state index is 13.0. The second-order valence-electron chi connectivity index (χ2n) is 7.41. The van der Waals surface area contributed by atoms with E-state index < -0.39 is 29.2 Å². The quantitative estimate of drug-likeness (QED) is 0.363. The molecule has 0 saturated heterocycles. The Kier molecular flexibility index (Phi) is 11.1. The molecule has 0 aliphatic heterocycles. The molecule has 5 heteroatoms. The molecule has 1 aromatic rings. The number of unbranched alkanes of at least 4 members (excludes halogenated alkanes) is 2. The molecule has 0 bridgehead atoms. The van der Waals surface area contributed by atoms with E-state index in [1.165, 1.54) is 37.5 Å². The molecule has 0 saturated carbocycles. The minimum atomic E-state index is -4.43. The Morgan fingerprint density at radius 3 is 2.11 bits per heavy atom. The number of benzene rings is 1. The summed E-state index contributed by atoms with van der Waals surface area (Å²) in [5.41, 5.74) is -1.16. The van der Waals surface area contributed by atoms with Gasteiger partial charge in [0.25, 0.3) is 0 Å². The van der Waals surface area contributed by atoms with Gasteiger partial charge in [-0.25, -0.2) is 0 Å². The van der Waals surface area contributed by atoms with Gasteiger partial charge in [0.15, 0.2) is 0 Å². The molecule has 0 spiro atoms. The first kappa shape index (κ1) is 25.2. The highest BCUT2D eigenvalue weighted by molar-refractivity contribution is 5.70. The van der Waals surface area contributed by atoms with E-state index >= 15 is 0 Å². The highest BCUT2D eigenvalue weighted by atomic mass is 19.4. The SMILES string of the molecule is C=CC(CCC(=O)OC(C)(C)C)c1ccccc1C(F)(F)F.CCCCC. The van der Waals surface area contributed by atoms with Crippen LogP contribution in [-0.4, -0.2) is 11.6 Å². The van der Waals surface area contributed by atoms with E-state index in [1.54, 1.807) is 26.8 Å². The summed E-state index contributed by atoms with van der Waals surface area (Å²) >= 11 is 0. The summed E-state index contributed by atoms with van der Waals surface area (Å²) in [5.74, 6) is -0.978. The van der Waals surface area contributed by atoms with E-state index in [-0.39, 0.29) is 18.4 Å². The fourth-order valence-electron chi connectivity index (χ4n) is 2.50. The highest BCUT2D eigenvalue weighted by Crippen LogP contribution is 2.37. The van der Waals surface area contributed by atoms with Gasteiger partial charge in [-0.2, -0.15) is 13.2 Å². The van der Waals surface area contributed by atoms with Crippen LogP contribution in [0.4, 0.5) is 13.2 Å². The average molecular weight is 386 g/mol. The number of hydrogen-bond acceptors (Lipinski definition) is 2. The Hall–Kier alpha value is -1.78. The van der Waals surface area contributed by atoms with Crippen molar-refractivity contribution in [1.82, 2.24) is 0 Å². The van der Waals surface area contributed by atoms with Crippen LogP contribution in [0.15, 0.2) is 36.9 Å². The minimum absolute atomic E-state index is 0.0418. The van der Waals surface area contributed by atoms with Gasteiger partial charge in [0.2, 0.25) is 0 Å². The molecule has 27 heavy (non-hydrogen) atoms. The summed E-state index contributed by atoms with van der Waals surface area (Å²) < 4.78 is 44.3. The van der Waals surface area contributed by atoms with Crippen LogP contribution >= 0.6 is 0 Å². The molecule has 0 aromatic heterocycles. The molecule has 0 aliphatic carbocycles. The van der Waals surface area contributed by atoms with Gasteiger partial charge in [-0.15, -0.1) is 6.58 Å². The van der Waals surface area contributed by atoms with Gasteiger partial charge in [0, 0.05) is 12.3 Å². The van der Waals surface area contributed by atoms with Gasteiger partial charge in [-0.1, -0.05) is 57.4 Å². The zero-order chi connectivity index (χ0) is 21.1. The molecular weight excluding hydrogens is 353 g/mol. The highest BCUT2D eigenvalue weighted by Gasteiger charge is 2.34. The van der Waals surface area contributed by atoms with E-state index in [1.807, 2.05) is 0 Å². The predicted octanol–water partition coefficient (Wildman–Crippen LogP) is 7.29. The number of alkyl halides is 3. The third-order valence-corrected chi connectivity index (χ3v) is 3.74. The first-order chi connectivity index (χ1) is 12.5. The number of esters is 1. The van der Waals surface area contributed by atoms with E-state index in [0.29, 0.717) is 0 Å². The molecule has 0 radical (unpaired) electrons. The summed E-state index contributed by atoms with van der Waals surface area (Å²) in [5, 5.41) is 0. The smallest absolute Gasteiger partial charge is 0.416 e. The third kappa shape index (κ3) is 10.8. The number of carbonyl (C=O) groups is 1. The van der Waals surface area contributed by atoms with Crippen LogP contribution in [0.3, 0.4) is 0 Å². The number of halogens is 3. The molecule has 0 amide bonds. The van der Waals surface area contributed by atoms with Gasteiger partial charge in [-0.3, -0.25) is 4.79 Å². The summed E-state index contributed by atoms with van der Waals surface area (Å²) in [7, 11) is 0. The summed E-state index contributed by atoms with van der Waals surface area (Å²) in [4.78, 5) is 11.7. The predicted molar refractivity (Wildman–Crippen MR) is 105 cm³/mol. The molecule has 1 rings (SSSR count). The number of ether oxygens (including phenoxy) is 1. The number of carbonyl (C=O) groups excluding carboxylic acids is 1. The molecule has 154 valence electrons. The Balaban J connectivity index is 0.00000119. The van der Waals surface area contributed by atoms with Crippen LogP contribution in [0.1, 0.15) is 83.8 Å². The largest absolute Gasteiger partial charge is 0.460 e. The lowest BCUT2D eigenvalue weighted by Gasteiger charge is -2.21. The zero-order valence-corrected chi connectivity index (χ0v) is 17.2. The normalized spacial score (nSPS) is 12.6. The molecule has 1 atom stereocenters. The number of rotatable bonds is 7. The Labute approximate surface area is 161 Å². The Bertz CT molecular complexity index is 570. The van der Waals surface area contributed by atoms with E-state index in [2.05, 4.69) is 20.4 Å². The zero-order valence-electron chi connectivity index (χ0n) is 17.2. The average Bonchev–Trinajstić information content (AvgIpc) is 2.54. The van der Waals surface area contributed by atoms with Crippen LogP contribution in [-0.2, 0) is 15.7 Å². The minimum Gasteiger partial charge on any atom is -0.460 e. The van der Waals surface area contributed by atoms with Crippen molar-refractivity contribution in [3.63, 3.8) is 0 Å². The van der Waals surface area contributed by atoms with Crippen molar-refractivity contribution < 1.29 is 22.7 Å². The van der Waals surface area contributed by atoms with Gasteiger partial charge < -0.3 is 4.74 Å². The number of allylic oxidation sites excluding steroid dienone is 1. The van der Waals surface area contributed by atoms with Gasteiger partial charge in [-0.05, 0) is 38.8 Å². The van der Waals surface area contributed by atoms with Crippen LogP contribution in [0.2, 0.25) is 0 Å². The maximum Gasteiger partial charge on any atom is 0.416 e. The van der Waals surface area contributed by atoms with E-state index in [4.69, 9.17) is 4.74 Å². The van der Waals surface area contributed by atoms with Crippen molar-refractivity contribution in [2.75, 3.05) is 0 Å². The number of hydrogen-bond donors (Lipinski definition) is 0. The van der Waals surface area contributed by atoms with Crippen molar-refractivity contribution in [3.05, 3.63) is 48.0 Å². The standard InChI is InChI=1S/C17H21F3O2.C5H12/c1-5-12(10-11-15(21)22-16(2,3)4)13-8-6-7-9-14(13)17(18,19)20;1-3-5-4-2/h5-9,12H,1,10-11H2,2-4H3;3-5H2,1-2H3. The van der Waals surface area contributed by atoms with Crippen molar-refractivity contribution in [3.8, 4) is 0 Å². The van der Waals surface area contributed by atoms with Crippen LogP contribution in [0.5, 0.6) is 0 Å². The summed E-state index contributed by atoms with van der Waals surface area (Å²) in [6.45, 7) is 13.3. The molecule has 2 nitrogen and oxygen atoms in total. The monoisotopic (exact) mass is 386 g/mol. The fourth-order valence-corrected chi connectivity index (χ4v) is 2.50. The van der Waals surface area contributed by atoms with Gasteiger partial charge in [0.1, 0.15) is 5.60 Å². The molecule has 0 fully saturated rings. The van der Waals surface area contributed by atoms with Crippen molar-refractivity contribution in [1.29, 1.82) is 0 Å². The first-order valence-corrected chi connectivity index (χ1v) is 9.46. The van der Waals surface area contributed by atoms with E-state index in [9.17, 15) is 18.0 Å². The molecule has 0 N–H and O–H groups in total. The topological polar surface area (TPSA) is 26.3 Å². The molecule has 0 heterocycles. The Morgan fingerprint density at radius 1 is 1.15 bits per heavy atom. The van der Waals surface area contributed by atoms with Crippen LogP contribution in [0, 0.1) is 0 Å². The Morgan fingerprint density at radius 2 is 1.70 bits per heavy atom. The first-order valence-electron chi connectivity index (χ1n) is 9.46. The second kappa shape index (κ2) is 11.8. The van der Waals surface area contributed by atoms with Crippen molar-refractivity contribution >= 4 is 5.97 Å². The summed E-state index contributed by atoms with van der Waals surface area (Å²) in [6.07, 6.45) is 1.36. The summed E-state index contributed by atoms with van der Waals surface area (Å²) in [6, 6.07) is 5.36. The van der Waals surface area contributed by atoms with Gasteiger partial charge >= 0.3 is 12.1 Å². The van der Waals surface area contributed by atoms with Crippen molar-refractivity contribution in [2.24, 2.45) is 0 Å². The second-order valence-corrected chi connectivity index (χ2v) is 7.41. The fraction of sp³-hybridized carbons (Fsp3) is 0.591. The lowest BCUT2D eigenvalue weighted by molar-refractivity contribution is -0.154. The molecule has 1 unspecified atom stereocenters. The maximum atomic E-state index is 13.0. The lowest BCUT2D eigenvalue weighted by atomic mass is 9.90. The third-order valence-electron chi connectivity index (χ3n) is 3.74.